The normalized spacial score (nSPS) is 22.4. The van der Waals surface area contributed by atoms with Gasteiger partial charge in [-0.1, -0.05) is 18.2 Å². The van der Waals surface area contributed by atoms with Gasteiger partial charge in [0.15, 0.2) is 0 Å². The molecular formula is C12H12N2O3. The largest absolute Gasteiger partial charge is 0.488 e. The van der Waals surface area contributed by atoms with Gasteiger partial charge < -0.3 is 9.64 Å². The first-order valence-electron chi connectivity index (χ1n) is 5.56. The number of carbonyl (C=O) groups is 2. The maximum atomic E-state index is 11.4. The Morgan fingerprint density at radius 1 is 1.35 bits per heavy atom. The number of rotatable bonds is 2. The summed E-state index contributed by atoms with van der Waals surface area (Å²) in [6.07, 6.45) is 0.734. The fraction of sp³-hybridized carbons (Fsp3) is 0.333. The van der Waals surface area contributed by atoms with Crippen LogP contribution in [0.1, 0.15) is 5.56 Å². The number of para-hydroxylation sites is 1. The molecule has 1 fully saturated rings. The van der Waals surface area contributed by atoms with Gasteiger partial charge in [-0.2, -0.15) is 0 Å². The van der Waals surface area contributed by atoms with Crippen LogP contribution in [-0.4, -0.2) is 36.0 Å². The Bertz CT molecular complexity index is 461. The standard InChI is InChI=1S/C12H12N2O3/c15-11-7-14(12(16)13-11)6-9-5-8-3-1-2-4-10(8)17-9/h1-4,9H,5-7H2,(H,13,15,16). The number of urea groups is 1. The second-order valence-electron chi connectivity index (χ2n) is 4.29. The molecule has 1 N–H and O–H groups in total. The highest BCUT2D eigenvalue weighted by Crippen LogP contribution is 2.28. The van der Waals surface area contributed by atoms with E-state index in [9.17, 15) is 9.59 Å². The zero-order valence-corrected chi connectivity index (χ0v) is 9.18. The number of carbonyl (C=O) groups excluding carboxylic acids is 2. The molecule has 0 aliphatic carbocycles. The van der Waals surface area contributed by atoms with Crippen molar-refractivity contribution < 1.29 is 14.3 Å². The zero-order valence-electron chi connectivity index (χ0n) is 9.18. The van der Waals surface area contributed by atoms with Gasteiger partial charge >= 0.3 is 6.03 Å². The lowest BCUT2D eigenvalue weighted by Crippen LogP contribution is -2.37. The molecule has 0 radical (unpaired) electrons. The molecular weight excluding hydrogens is 220 g/mol. The van der Waals surface area contributed by atoms with E-state index in [1.165, 1.54) is 4.90 Å². The van der Waals surface area contributed by atoms with Gasteiger partial charge in [0.2, 0.25) is 5.91 Å². The number of hydrogen-bond donors (Lipinski definition) is 1. The number of ether oxygens (including phenoxy) is 1. The van der Waals surface area contributed by atoms with Crippen molar-refractivity contribution >= 4 is 11.9 Å². The highest BCUT2D eigenvalue weighted by molar-refractivity contribution is 6.01. The predicted octanol–water partition coefficient (Wildman–Crippen LogP) is 0.542. The fourth-order valence-electron chi connectivity index (χ4n) is 2.23. The first-order chi connectivity index (χ1) is 8.22. The van der Waals surface area contributed by atoms with Crippen molar-refractivity contribution in [2.45, 2.75) is 12.5 Å². The second kappa shape index (κ2) is 3.76. The molecule has 2 heterocycles. The van der Waals surface area contributed by atoms with E-state index in [2.05, 4.69) is 5.32 Å². The van der Waals surface area contributed by atoms with Gasteiger partial charge in [-0.3, -0.25) is 10.1 Å². The number of hydrogen-bond acceptors (Lipinski definition) is 3. The summed E-state index contributed by atoms with van der Waals surface area (Å²) in [6, 6.07) is 7.51. The molecule has 2 aliphatic heterocycles. The summed E-state index contributed by atoms with van der Waals surface area (Å²) >= 11 is 0. The molecule has 88 valence electrons. The smallest absolute Gasteiger partial charge is 0.324 e. The van der Waals surface area contributed by atoms with E-state index in [1.54, 1.807) is 0 Å². The molecule has 1 saturated heterocycles. The third-order valence-corrected chi connectivity index (χ3v) is 3.01. The van der Waals surface area contributed by atoms with Crippen LogP contribution < -0.4 is 10.1 Å². The average Bonchev–Trinajstić information content (AvgIpc) is 2.82. The lowest BCUT2D eigenvalue weighted by Gasteiger charge is -2.17. The van der Waals surface area contributed by atoms with Crippen LogP contribution in [0.5, 0.6) is 5.75 Å². The molecule has 1 aromatic carbocycles. The van der Waals surface area contributed by atoms with Crippen molar-refractivity contribution in [3.05, 3.63) is 29.8 Å². The molecule has 1 aromatic rings. The number of imide groups is 1. The number of amides is 3. The van der Waals surface area contributed by atoms with Crippen molar-refractivity contribution in [2.24, 2.45) is 0 Å². The van der Waals surface area contributed by atoms with Crippen LogP contribution in [0.4, 0.5) is 4.79 Å². The van der Waals surface area contributed by atoms with Crippen LogP contribution >= 0.6 is 0 Å². The molecule has 3 rings (SSSR count). The molecule has 0 saturated carbocycles. The summed E-state index contributed by atoms with van der Waals surface area (Å²) in [5, 5.41) is 2.25. The second-order valence-corrected chi connectivity index (χ2v) is 4.29. The molecule has 5 nitrogen and oxygen atoms in total. The molecule has 5 heteroatoms. The zero-order chi connectivity index (χ0) is 11.8. The van der Waals surface area contributed by atoms with Crippen molar-refractivity contribution in [2.75, 3.05) is 13.1 Å². The van der Waals surface area contributed by atoms with Crippen LogP contribution in [0.3, 0.4) is 0 Å². The van der Waals surface area contributed by atoms with Crippen molar-refractivity contribution in [1.29, 1.82) is 0 Å². The van der Waals surface area contributed by atoms with E-state index in [0.29, 0.717) is 6.54 Å². The van der Waals surface area contributed by atoms with Crippen LogP contribution in [0.15, 0.2) is 24.3 Å². The third kappa shape index (κ3) is 1.84. The van der Waals surface area contributed by atoms with Gasteiger partial charge in [0.1, 0.15) is 18.4 Å². The van der Waals surface area contributed by atoms with E-state index >= 15 is 0 Å². The molecule has 0 bridgehead atoms. The van der Waals surface area contributed by atoms with Gasteiger partial charge in [-0.25, -0.2) is 4.79 Å². The molecule has 0 aromatic heterocycles. The number of nitrogens with zero attached hydrogens (tertiary/aromatic N) is 1. The monoisotopic (exact) mass is 232 g/mol. The van der Waals surface area contributed by atoms with E-state index in [0.717, 1.165) is 17.7 Å². The Kier molecular flexibility index (Phi) is 2.24. The van der Waals surface area contributed by atoms with Crippen LogP contribution in [-0.2, 0) is 11.2 Å². The minimum atomic E-state index is -0.324. The Labute approximate surface area is 98.4 Å². The highest BCUT2D eigenvalue weighted by Gasteiger charge is 2.31. The lowest BCUT2D eigenvalue weighted by atomic mass is 10.1. The van der Waals surface area contributed by atoms with Gasteiger partial charge in [0, 0.05) is 6.42 Å². The molecule has 3 amide bonds. The quantitative estimate of drug-likeness (QED) is 0.757. The van der Waals surface area contributed by atoms with E-state index in [-0.39, 0.29) is 24.6 Å². The first-order valence-corrected chi connectivity index (χ1v) is 5.56. The Hall–Kier alpha value is -2.04. The Balaban J connectivity index is 1.66. The summed E-state index contributed by atoms with van der Waals surface area (Å²) in [4.78, 5) is 23.9. The van der Waals surface area contributed by atoms with Gasteiger partial charge in [-0.15, -0.1) is 0 Å². The number of benzene rings is 1. The molecule has 1 atom stereocenters. The highest BCUT2D eigenvalue weighted by atomic mass is 16.5. The van der Waals surface area contributed by atoms with E-state index in [4.69, 9.17) is 4.74 Å². The van der Waals surface area contributed by atoms with Crippen LogP contribution in [0.2, 0.25) is 0 Å². The summed E-state index contributed by atoms with van der Waals surface area (Å²) in [7, 11) is 0. The summed E-state index contributed by atoms with van der Waals surface area (Å²) in [5.74, 6) is 0.633. The van der Waals surface area contributed by atoms with Crippen LogP contribution in [0.25, 0.3) is 0 Å². The van der Waals surface area contributed by atoms with Gasteiger partial charge in [0.25, 0.3) is 0 Å². The minimum absolute atomic E-state index is 0.0518. The predicted molar refractivity (Wildman–Crippen MR) is 59.7 cm³/mol. The van der Waals surface area contributed by atoms with Crippen molar-refractivity contribution in [3.63, 3.8) is 0 Å². The number of nitrogens with one attached hydrogen (secondary N) is 1. The molecule has 1 unspecified atom stereocenters. The molecule has 17 heavy (non-hydrogen) atoms. The first kappa shape index (κ1) is 10.1. The number of fused-ring (bicyclic) bond motifs is 1. The molecule has 2 aliphatic rings. The minimum Gasteiger partial charge on any atom is -0.488 e. The maximum Gasteiger partial charge on any atom is 0.324 e. The topological polar surface area (TPSA) is 58.6 Å². The maximum absolute atomic E-state index is 11.4. The summed E-state index contributed by atoms with van der Waals surface area (Å²) in [5.41, 5.74) is 1.16. The molecule has 0 spiro atoms. The fourth-order valence-corrected chi connectivity index (χ4v) is 2.23. The van der Waals surface area contributed by atoms with Crippen molar-refractivity contribution in [1.82, 2.24) is 10.2 Å². The van der Waals surface area contributed by atoms with Gasteiger partial charge in [0.05, 0.1) is 6.54 Å². The van der Waals surface area contributed by atoms with E-state index < -0.39 is 0 Å². The van der Waals surface area contributed by atoms with E-state index in [1.807, 2.05) is 24.3 Å². The Morgan fingerprint density at radius 3 is 2.88 bits per heavy atom. The SMILES string of the molecule is O=C1CN(CC2Cc3ccccc3O2)C(=O)N1. The third-order valence-electron chi connectivity index (χ3n) is 3.01. The van der Waals surface area contributed by atoms with Crippen LogP contribution in [0, 0.1) is 0 Å². The summed E-state index contributed by atoms with van der Waals surface area (Å²) in [6.45, 7) is 0.585. The average molecular weight is 232 g/mol. The Morgan fingerprint density at radius 2 is 2.18 bits per heavy atom. The lowest BCUT2D eigenvalue weighted by molar-refractivity contribution is -0.118. The summed E-state index contributed by atoms with van der Waals surface area (Å²) < 4.78 is 5.72. The van der Waals surface area contributed by atoms with Crippen molar-refractivity contribution in [3.8, 4) is 5.75 Å². The van der Waals surface area contributed by atoms with Gasteiger partial charge in [-0.05, 0) is 11.6 Å².